The molecule has 1 unspecified atom stereocenters. The fourth-order valence-electron chi connectivity index (χ4n) is 1.71. The summed E-state index contributed by atoms with van der Waals surface area (Å²) in [6.45, 7) is 0.219. The van der Waals surface area contributed by atoms with Gasteiger partial charge >= 0.3 is 5.97 Å². The third kappa shape index (κ3) is 2.95. The molecule has 0 saturated carbocycles. The van der Waals surface area contributed by atoms with Crippen molar-refractivity contribution in [1.82, 2.24) is 4.31 Å². The van der Waals surface area contributed by atoms with Gasteiger partial charge in [-0.15, -0.1) is 11.3 Å². The summed E-state index contributed by atoms with van der Waals surface area (Å²) in [6.07, 6.45) is -0.539. The van der Waals surface area contributed by atoms with Crippen LogP contribution in [0.3, 0.4) is 0 Å². The summed E-state index contributed by atoms with van der Waals surface area (Å²) in [7, 11) is -3.72. The summed E-state index contributed by atoms with van der Waals surface area (Å²) < 4.78 is 31.0. The minimum absolute atomic E-state index is 0.0107. The molecule has 1 aromatic heterocycles. The molecule has 0 radical (unpaired) electrons. The van der Waals surface area contributed by atoms with Crippen molar-refractivity contribution in [2.75, 3.05) is 26.3 Å². The molecule has 106 valence electrons. The first-order valence-corrected chi connectivity index (χ1v) is 7.81. The second-order valence-electron chi connectivity index (χ2n) is 4.00. The summed E-state index contributed by atoms with van der Waals surface area (Å²) in [5, 5.41) is 19.1. The lowest BCUT2D eigenvalue weighted by Gasteiger charge is -2.30. The average molecular weight is 307 g/mol. The van der Waals surface area contributed by atoms with E-state index in [4.69, 9.17) is 14.9 Å². The van der Waals surface area contributed by atoms with Gasteiger partial charge in [0.1, 0.15) is 4.21 Å². The van der Waals surface area contributed by atoms with Crippen molar-refractivity contribution in [3.8, 4) is 0 Å². The van der Waals surface area contributed by atoms with Crippen molar-refractivity contribution in [3.05, 3.63) is 17.0 Å². The summed E-state index contributed by atoms with van der Waals surface area (Å²) in [5.41, 5.74) is -0.0458. The molecule has 1 atom stereocenters. The van der Waals surface area contributed by atoms with Gasteiger partial charge in [-0.25, -0.2) is 13.2 Å². The van der Waals surface area contributed by atoms with Crippen molar-refractivity contribution in [1.29, 1.82) is 0 Å². The van der Waals surface area contributed by atoms with E-state index in [2.05, 4.69) is 0 Å². The smallest absolute Gasteiger partial charge is 0.336 e. The van der Waals surface area contributed by atoms with Crippen LogP contribution in [0.2, 0.25) is 0 Å². The summed E-state index contributed by atoms with van der Waals surface area (Å²) in [6, 6.07) is 1.14. The van der Waals surface area contributed by atoms with Crippen LogP contribution < -0.4 is 0 Å². The Labute approximate surface area is 114 Å². The zero-order valence-corrected chi connectivity index (χ0v) is 11.5. The van der Waals surface area contributed by atoms with Gasteiger partial charge in [-0.1, -0.05) is 0 Å². The standard InChI is InChI=1S/C10H13NO6S2/c12-5-8-4-11(1-2-17-8)19(15,16)9-3-7(6-18-9)10(13)14/h3,6,8,12H,1-2,4-5H2,(H,13,14). The molecule has 0 amide bonds. The van der Waals surface area contributed by atoms with Crippen molar-refractivity contribution in [2.45, 2.75) is 10.3 Å². The van der Waals surface area contributed by atoms with E-state index >= 15 is 0 Å². The van der Waals surface area contributed by atoms with E-state index in [1.54, 1.807) is 0 Å². The maximum Gasteiger partial charge on any atom is 0.336 e. The predicted octanol–water partition coefficient (Wildman–Crippen LogP) is -0.172. The molecular weight excluding hydrogens is 294 g/mol. The van der Waals surface area contributed by atoms with E-state index in [-0.39, 0.29) is 36.1 Å². The number of hydrogen-bond donors (Lipinski definition) is 2. The van der Waals surface area contributed by atoms with E-state index in [1.165, 1.54) is 9.69 Å². The number of sulfonamides is 1. The lowest BCUT2D eigenvalue weighted by atomic mass is 10.3. The second kappa shape index (κ2) is 5.55. The van der Waals surface area contributed by atoms with E-state index in [9.17, 15) is 13.2 Å². The van der Waals surface area contributed by atoms with Crippen molar-refractivity contribution >= 4 is 27.3 Å². The van der Waals surface area contributed by atoms with Crippen molar-refractivity contribution in [2.24, 2.45) is 0 Å². The molecule has 1 fully saturated rings. The third-order valence-electron chi connectivity index (χ3n) is 2.72. The maximum atomic E-state index is 12.3. The van der Waals surface area contributed by atoms with Crippen LogP contribution in [0.4, 0.5) is 0 Å². The van der Waals surface area contributed by atoms with E-state index < -0.39 is 22.1 Å². The van der Waals surface area contributed by atoms with E-state index in [0.29, 0.717) is 0 Å². The monoisotopic (exact) mass is 307 g/mol. The van der Waals surface area contributed by atoms with Gasteiger partial charge in [-0.2, -0.15) is 4.31 Å². The summed E-state index contributed by atoms with van der Waals surface area (Å²) >= 11 is 0.874. The Kier molecular flexibility index (Phi) is 4.21. The highest BCUT2D eigenvalue weighted by Crippen LogP contribution is 2.25. The largest absolute Gasteiger partial charge is 0.478 e. The Balaban J connectivity index is 2.23. The van der Waals surface area contributed by atoms with Gasteiger partial charge in [-0.05, 0) is 6.07 Å². The summed E-state index contributed by atoms with van der Waals surface area (Å²) in [5.74, 6) is -1.16. The molecule has 2 rings (SSSR count). The quantitative estimate of drug-likeness (QED) is 0.800. The second-order valence-corrected chi connectivity index (χ2v) is 7.07. The third-order valence-corrected chi connectivity index (χ3v) is 6.00. The molecule has 19 heavy (non-hydrogen) atoms. The molecule has 1 saturated heterocycles. The summed E-state index contributed by atoms with van der Waals surface area (Å²) in [4.78, 5) is 10.8. The fourth-order valence-corrected chi connectivity index (χ4v) is 4.47. The molecule has 0 aromatic carbocycles. The van der Waals surface area contributed by atoms with Crippen LogP contribution in [0.25, 0.3) is 0 Å². The van der Waals surface area contributed by atoms with Gasteiger partial charge in [-0.3, -0.25) is 0 Å². The van der Waals surface area contributed by atoms with Crippen molar-refractivity contribution in [3.63, 3.8) is 0 Å². The minimum atomic E-state index is -3.72. The first-order chi connectivity index (χ1) is 8.95. The van der Waals surface area contributed by atoms with Crippen molar-refractivity contribution < 1.29 is 28.2 Å². The van der Waals surface area contributed by atoms with Crippen LogP contribution in [0.15, 0.2) is 15.7 Å². The molecule has 1 aliphatic rings. The number of ether oxygens (including phenoxy) is 1. The number of rotatable bonds is 4. The van der Waals surface area contributed by atoms with Gasteiger partial charge < -0.3 is 14.9 Å². The maximum absolute atomic E-state index is 12.3. The number of carbonyl (C=O) groups is 1. The van der Waals surface area contributed by atoms with Crippen LogP contribution in [0.1, 0.15) is 10.4 Å². The van der Waals surface area contributed by atoms with Gasteiger partial charge in [0.25, 0.3) is 10.0 Å². The molecule has 1 aromatic rings. The Hall–Kier alpha value is -1.00. The molecule has 0 bridgehead atoms. The van der Waals surface area contributed by atoms with Crippen LogP contribution >= 0.6 is 11.3 Å². The topological polar surface area (TPSA) is 104 Å². The van der Waals surface area contributed by atoms with Crippen LogP contribution in [0, 0.1) is 0 Å². The van der Waals surface area contributed by atoms with Gasteiger partial charge in [0.05, 0.1) is 24.9 Å². The predicted molar refractivity (Wildman–Crippen MR) is 66.9 cm³/mol. The fraction of sp³-hybridized carbons (Fsp3) is 0.500. The Morgan fingerprint density at radius 1 is 1.58 bits per heavy atom. The molecule has 2 N–H and O–H groups in total. The van der Waals surface area contributed by atoms with Gasteiger partial charge in [0.15, 0.2) is 0 Å². The zero-order chi connectivity index (χ0) is 14.0. The number of aliphatic hydroxyl groups is 1. The lowest BCUT2D eigenvalue weighted by molar-refractivity contribution is -0.0304. The van der Waals surface area contributed by atoms with Crippen LogP contribution in [0.5, 0.6) is 0 Å². The normalized spacial score (nSPS) is 21.4. The molecule has 0 aliphatic carbocycles. The van der Waals surface area contributed by atoms with Gasteiger partial charge in [0, 0.05) is 18.5 Å². The Morgan fingerprint density at radius 2 is 2.32 bits per heavy atom. The van der Waals surface area contributed by atoms with E-state index in [1.807, 2.05) is 0 Å². The number of aromatic carboxylic acids is 1. The number of carboxylic acids is 1. The van der Waals surface area contributed by atoms with E-state index in [0.717, 1.165) is 17.4 Å². The first kappa shape index (κ1) is 14.4. The first-order valence-electron chi connectivity index (χ1n) is 5.49. The van der Waals surface area contributed by atoms with Gasteiger partial charge in [0.2, 0.25) is 0 Å². The molecular formula is C10H13NO6S2. The number of nitrogens with zero attached hydrogens (tertiary/aromatic N) is 1. The number of carboxylic acid groups (broad SMARTS) is 1. The average Bonchev–Trinajstić information content (AvgIpc) is 2.89. The molecule has 0 spiro atoms. The number of morpholine rings is 1. The number of aliphatic hydroxyl groups excluding tert-OH is 1. The van der Waals surface area contributed by atoms with Crippen LogP contribution in [-0.4, -0.2) is 61.3 Å². The molecule has 7 nitrogen and oxygen atoms in total. The van der Waals surface area contributed by atoms with Crippen LogP contribution in [-0.2, 0) is 14.8 Å². The SMILES string of the molecule is O=C(O)c1csc(S(=O)(=O)N2CCOC(CO)C2)c1. The lowest BCUT2D eigenvalue weighted by Crippen LogP contribution is -2.46. The molecule has 9 heteroatoms. The molecule has 2 heterocycles. The minimum Gasteiger partial charge on any atom is -0.478 e. The number of hydrogen-bond acceptors (Lipinski definition) is 6. The Bertz CT molecular complexity index is 566. The highest BCUT2D eigenvalue weighted by molar-refractivity contribution is 7.91. The highest BCUT2D eigenvalue weighted by Gasteiger charge is 2.31. The molecule has 1 aliphatic heterocycles. The zero-order valence-electron chi connectivity index (χ0n) is 9.85. The Morgan fingerprint density at radius 3 is 2.89 bits per heavy atom. The number of thiophene rings is 1. The highest BCUT2D eigenvalue weighted by atomic mass is 32.2.